The van der Waals surface area contributed by atoms with Gasteiger partial charge in [0.05, 0.1) is 24.6 Å². The van der Waals surface area contributed by atoms with Crippen LogP contribution in [0.4, 0.5) is 4.39 Å². The summed E-state index contributed by atoms with van der Waals surface area (Å²) in [6.45, 7) is 5.43. The highest BCUT2D eigenvalue weighted by Gasteiger charge is 2.30. The zero-order valence-electron chi connectivity index (χ0n) is 19.4. The van der Waals surface area contributed by atoms with Gasteiger partial charge in [0.1, 0.15) is 29.5 Å². The van der Waals surface area contributed by atoms with Crippen molar-refractivity contribution in [2.45, 2.75) is 38.1 Å². The molecule has 34 heavy (non-hydrogen) atoms. The molecule has 3 aromatic rings. The summed E-state index contributed by atoms with van der Waals surface area (Å²) in [5.41, 5.74) is -0.749. The Morgan fingerprint density at radius 1 is 1.21 bits per heavy atom. The Morgan fingerprint density at radius 3 is 2.50 bits per heavy atom. The van der Waals surface area contributed by atoms with E-state index in [9.17, 15) is 14.4 Å². The van der Waals surface area contributed by atoms with Crippen molar-refractivity contribution in [2.24, 2.45) is 5.92 Å². The monoisotopic (exact) mass is 483 g/mol. The first kappa shape index (κ1) is 25.1. The van der Waals surface area contributed by atoms with Gasteiger partial charge in [-0.15, -0.1) is 10.2 Å². The number of carbonyl (C=O) groups is 1. The lowest BCUT2D eigenvalue weighted by molar-refractivity contribution is -0.120. The van der Waals surface area contributed by atoms with Crippen LogP contribution in [0, 0.1) is 23.1 Å². The fourth-order valence-corrected chi connectivity index (χ4v) is 3.70. The summed E-state index contributed by atoms with van der Waals surface area (Å²) in [5.74, 6) is 0.766. The SMILES string of the molecule is COc1ccc(OCc2nnc(SCC(=O)NC(C)(C#N)C(C)C)n2-c2ccccc2F)cc1. The van der Waals surface area contributed by atoms with Crippen molar-refractivity contribution < 1.29 is 18.7 Å². The average molecular weight is 484 g/mol. The van der Waals surface area contributed by atoms with Crippen LogP contribution in [-0.4, -0.2) is 39.1 Å². The molecule has 3 rings (SSSR count). The maximum Gasteiger partial charge on any atom is 0.231 e. The number of nitriles is 1. The molecule has 1 aromatic heterocycles. The predicted molar refractivity (Wildman–Crippen MR) is 126 cm³/mol. The van der Waals surface area contributed by atoms with Crippen LogP contribution in [-0.2, 0) is 11.4 Å². The molecule has 0 spiro atoms. The average Bonchev–Trinajstić information content (AvgIpc) is 3.24. The Kier molecular flexibility index (Phi) is 8.12. The van der Waals surface area contributed by atoms with E-state index >= 15 is 0 Å². The molecule has 0 saturated carbocycles. The number of rotatable bonds is 10. The summed E-state index contributed by atoms with van der Waals surface area (Å²) in [7, 11) is 1.58. The van der Waals surface area contributed by atoms with Crippen molar-refractivity contribution in [2.75, 3.05) is 12.9 Å². The van der Waals surface area contributed by atoms with Crippen LogP contribution in [0.2, 0.25) is 0 Å². The summed E-state index contributed by atoms with van der Waals surface area (Å²) in [5, 5.41) is 20.9. The lowest BCUT2D eigenvalue weighted by Crippen LogP contribution is -2.49. The first-order chi connectivity index (χ1) is 16.3. The van der Waals surface area contributed by atoms with Gasteiger partial charge < -0.3 is 14.8 Å². The van der Waals surface area contributed by atoms with E-state index < -0.39 is 11.4 Å². The first-order valence-corrected chi connectivity index (χ1v) is 11.6. The number of ether oxygens (including phenoxy) is 2. The molecule has 8 nitrogen and oxygen atoms in total. The number of para-hydroxylation sites is 1. The molecule has 0 fully saturated rings. The molecule has 1 atom stereocenters. The molecule has 2 aromatic carbocycles. The number of halogens is 1. The third-order valence-electron chi connectivity index (χ3n) is 5.34. The van der Waals surface area contributed by atoms with Crippen LogP contribution in [0.15, 0.2) is 53.7 Å². The molecule has 1 heterocycles. The molecule has 0 aliphatic carbocycles. The van der Waals surface area contributed by atoms with E-state index in [0.29, 0.717) is 22.5 Å². The van der Waals surface area contributed by atoms with E-state index in [1.165, 1.54) is 10.6 Å². The number of hydrogen-bond acceptors (Lipinski definition) is 7. The van der Waals surface area contributed by atoms with Crippen molar-refractivity contribution in [1.29, 1.82) is 5.26 Å². The van der Waals surface area contributed by atoms with Crippen LogP contribution in [0.5, 0.6) is 11.5 Å². The second-order valence-electron chi connectivity index (χ2n) is 7.96. The number of hydrogen-bond donors (Lipinski definition) is 1. The minimum Gasteiger partial charge on any atom is -0.497 e. The lowest BCUT2D eigenvalue weighted by Gasteiger charge is -2.27. The number of benzene rings is 2. The molecule has 10 heteroatoms. The Morgan fingerprint density at radius 2 is 1.88 bits per heavy atom. The maximum absolute atomic E-state index is 14.7. The highest BCUT2D eigenvalue weighted by atomic mass is 32.2. The maximum atomic E-state index is 14.7. The van der Waals surface area contributed by atoms with Gasteiger partial charge in [0.2, 0.25) is 5.91 Å². The molecular formula is C24H26FN5O3S. The minimum absolute atomic E-state index is 0.0179. The predicted octanol–water partition coefficient (Wildman–Crippen LogP) is 4.14. The van der Waals surface area contributed by atoms with Crippen LogP contribution < -0.4 is 14.8 Å². The number of nitrogens with zero attached hydrogens (tertiary/aromatic N) is 4. The second-order valence-corrected chi connectivity index (χ2v) is 8.90. The third kappa shape index (κ3) is 5.85. The van der Waals surface area contributed by atoms with E-state index in [2.05, 4.69) is 21.6 Å². The van der Waals surface area contributed by atoms with Gasteiger partial charge >= 0.3 is 0 Å². The van der Waals surface area contributed by atoms with E-state index in [0.717, 1.165) is 11.8 Å². The van der Waals surface area contributed by atoms with Gasteiger partial charge in [-0.2, -0.15) is 5.26 Å². The number of carbonyl (C=O) groups excluding carboxylic acids is 1. The number of thioether (sulfide) groups is 1. The van der Waals surface area contributed by atoms with Gasteiger partial charge in [-0.3, -0.25) is 9.36 Å². The quantitative estimate of drug-likeness (QED) is 0.432. The van der Waals surface area contributed by atoms with Gasteiger partial charge in [0.25, 0.3) is 0 Å². The van der Waals surface area contributed by atoms with Gasteiger partial charge in [-0.1, -0.05) is 37.7 Å². The molecule has 0 aliphatic rings. The van der Waals surface area contributed by atoms with Crippen molar-refractivity contribution >= 4 is 17.7 Å². The summed E-state index contributed by atoms with van der Waals surface area (Å²) in [4.78, 5) is 12.5. The van der Waals surface area contributed by atoms with Gasteiger partial charge in [-0.25, -0.2) is 4.39 Å². The van der Waals surface area contributed by atoms with Crippen molar-refractivity contribution in [3.05, 3.63) is 60.2 Å². The van der Waals surface area contributed by atoms with Crippen LogP contribution in [0.1, 0.15) is 26.6 Å². The van der Waals surface area contributed by atoms with E-state index in [1.54, 1.807) is 56.5 Å². The number of nitrogens with one attached hydrogen (secondary N) is 1. The fraction of sp³-hybridized carbons (Fsp3) is 0.333. The minimum atomic E-state index is -0.992. The zero-order valence-corrected chi connectivity index (χ0v) is 20.2. The molecule has 0 aliphatic heterocycles. The van der Waals surface area contributed by atoms with Crippen molar-refractivity contribution in [1.82, 2.24) is 20.1 Å². The lowest BCUT2D eigenvalue weighted by atomic mass is 9.90. The van der Waals surface area contributed by atoms with Gasteiger partial charge in [0.15, 0.2) is 11.0 Å². The summed E-state index contributed by atoms with van der Waals surface area (Å²) >= 11 is 1.10. The van der Waals surface area contributed by atoms with E-state index in [4.69, 9.17) is 9.47 Å². The second kappa shape index (κ2) is 11.0. The van der Waals surface area contributed by atoms with Gasteiger partial charge in [0, 0.05) is 0 Å². The number of aromatic nitrogens is 3. The zero-order chi connectivity index (χ0) is 24.7. The van der Waals surface area contributed by atoms with Crippen LogP contribution in [0.3, 0.4) is 0 Å². The van der Waals surface area contributed by atoms with Crippen LogP contribution in [0.25, 0.3) is 5.69 Å². The fourth-order valence-electron chi connectivity index (χ4n) is 2.94. The smallest absolute Gasteiger partial charge is 0.231 e. The van der Waals surface area contributed by atoms with Gasteiger partial charge in [-0.05, 0) is 49.2 Å². The standard InChI is InChI=1S/C24H26FN5O3S/c1-16(2)24(3,15-26)27-22(31)14-34-23-29-28-21(30(23)20-8-6-5-7-19(20)25)13-33-18-11-9-17(32-4)10-12-18/h5-12,16H,13-14H2,1-4H3,(H,27,31). The van der Waals surface area contributed by atoms with E-state index in [-0.39, 0.29) is 29.9 Å². The molecule has 0 bridgehead atoms. The molecule has 1 amide bonds. The van der Waals surface area contributed by atoms with Crippen molar-refractivity contribution in [3.63, 3.8) is 0 Å². The molecule has 1 N–H and O–H groups in total. The highest BCUT2D eigenvalue weighted by Crippen LogP contribution is 2.26. The molecule has 0 saturated heterocycles. The normalized spacial score (nSPS) is 12.6. The number of amides is 1. The largest absolute Gasteiger partial charge is 0.497 e. The molecule has 0 radical (unpaired) electrons. The Hall–Kier alpha value is -3.58. The van der Waals surface area contributed by atoms with Crippen LogP contribution >= 0.6 is 11.8 Å². The Labute approximate surface area is 202 Å². The highest BCUT2D eigenvalue weighted by molar-refractivity contribution is 7.99. The van der Waals surface area contributed by atoms with Crippen molar-refractivity contribution in [3.8, 4) is 23.3 Å². The molecule has 178 valence electrons. The summed E-state index contributed by atoms with van der Waals surface area (Å²) in [6.07, 6.45) is 0. The Bertz CT molecular complexity index is 1180. The third-order valence-corrected chi connectivity index (χ3v) is 6.27. The summed E-state index contributed by atoms with van der Waals surface area (Å²) in [6, 6.07) is 15.4. The first-order valence-electron chi connectivity index (χ1n) is 10.6. The number of methoxy groups -OCH3 is 1. The Balaban J connectivity index is 1.80. The van der Waals surface area contributed by atoms with E-state index in [1.807, 2.05) is 13.8 Å². The topological polar surface area (TPSA) is 102 Å². The molecular weight excluding hydrogens is 457 g/mol. The molecule has 1 unspecified atom stereocenters. The summed E-state index contributed by atoms with van der Waals surface area (Å²) < 4.78 is 27.1.